The van der Waals surface area contributed by atoms with E-state index in [1.54, 1.807) is 0 Å². The van der Waals surface area contributed by atoms with Gasteiger partial charge >= 0.3 is 0 Å². The fourth-order valence-corrected chi connectivity index (χ4v) is 1.47. The van der Waals surface area contributed by atoms with Crippen LogP contribution in [0.25, 0.3) is 0 Å². The van der Waals surface area contributed by atoms with E-state index in [4.69, 9.17) is 11.5 Å². The summed E-state index contributed by atoms with van der Waals surface area (Å²) in [4.78, 5) is 0. The average molecular weight is 234 g/mol. The third-order valence-electron chi connectivity index (χ3n) is 2.22. The first kappa shape index (κ1) is 12.4. The van der Waals surface area contributed by atoms with Crippen molar-refractivity contribution in [2.24, 2.45) is 23.3 Å². The zero-order valence-corrected chi connectivity index (χ0v) is 8.13. The lowest BCUT2D eigenvalue weighted by Crippen LogP contribution is -2.19. The van der Waals surface area contributed by atoms with Gasteiger partial charge in [0.25, 0.3) is 0 Å². The second-order valence-electron chi connectivity index (χ2n) is 3.15. The van der Waals surface area contributed by atoms with Gasteiger partial charge in [-0.3, -0.25) is 0 Å². The fraction of sp³-hybridized carbons (Fsp3) is 0.200. The molecule has 0 aromatic heterocycles. The van der Waals surface area contributed by atoms with E-state index in [1.165, 1.54) is 0 Å². The molecule has 0 unspecified atom stereocenters. The molecule has 0 heterocycles. The van der Waals surface area contributed by atoms with Crippen molar-refractivity contribution in [1.29, 1.82) is 0 Å². The summed E-state index contributed by atoms with van der Waals surface area (Å²) in [7, 11) is 0. The molecule has 2 nitrogen and oxygen atoms in total. The SMILES string of the molecule is N/C=C/[C@@H]1C(F)=C(F)C(F)=C(F)[C@@H]1/C=C/N. The van der Waals surface area contributed by atoms with Gasteiger partial charge in [0.15, 0.2) is 11.7 Å². The molecule has 0 fully saturated rings. The second-order valence-corrected chi connectivity index (χ2v) is 3.15. The largest absolute Gasteiger partial charge is 0.405 e. The van der Waals surface area contributed by atoms with Crippen LogP contribution in [-0.2, 0) is 0 Å². The minimum absolute atomic E-state index is 0.936. The summed E-state index contributed by atoms with van der Waals surface area (Å²) in [6.45, 7) is 0. The zero-order chi connectivity index (χ0) is 12.3. The van der Waals surface area contributed by atoms with Gasteiger partial charge in [-0.25, -0.2) is 17.6 Å². The summed E-state index contributed by atoms with van der Waals surface area (Å²) in [5.74, 6) is -9.09. The highest BCUT2D eigenvalue weighted by molar-refractivity contribution is 5.37. The van der Waals surface area contributed by atoms with Crippen molar-refractivity contribution in [3.8, 4) is 0 Å². The lowest BCUT2D eigenvalue weighted by molar-refractivity contribution is 0.337. The molecule has 2 atom stereocenters. The Morgan fingerprint density at radius 2 is 1.06 bits per heavy atom. The highest BCUT2D eigenvalue weighted by Gasteiger charge is 2.37. The molecule has 4 N–H and O–H groups in total. The van der Waals surface area contributed by atoms with Crippen LogP contribution in [0.2, 0.25) is 0 Å². The molecular formula is C10H10F4N2. The molecule has 16 heavy (non-hydrogen) atoms. The summed E-state index contributed by atoms with van der Waals surface area (Å²) in [5.41, 5.74) is 10.1. The van der Waals surface area contributed by atoms with E-state index in [0.717, 1.165) is 24.6 Å². The van der Waals surface area contributed by atoms with Crippen molar-refractivity contribution in [1.82, 2.24) is 0 Å². The molecular weight excluding hydrogens is 224 g/mol. The molecule has 0 radical (unpaired) electrons. The number of nitrogens with two attached hydrogens (primary N) is 2. The summed E-state index contributed by atoms with van der Waals surface area (Å²) in [5, 5.41) is 0. The zero-order valence-electron chi connectivity index (χ0n) is 8.13. The monoisotopic (exact) mass is 234 g/mol. The molecule has 0 aromatic carbocycles. The standard InChI is InChI=1S/C10H10F4N2/c11-7-5(1-3-15)6(2-4-16)8(12)10(14)9(7)13/h1-6H,15-16H2/b3-1+,4-2+/t5-,6+. The van der Waals surface area contributed by atoms with Gasteiger partial charge in [0.2, 0.25) is 0 Å². The molecule has 1 aliphatic carbocycles. The maximum absolute atomic E-state index is 13.3. The lowest BCUT2D eigenvalue weighted by atomic mass is 9.85. The number of rotatable bonds is 2. The Balaban J connectivity index is 3.27. The van der Waals surface area contributed by atoms with Crippen molar-refractivity contribution in [3.63, 3.8) is 0 Å². The van der Waals surface area contributed by atoms with Gasteiger partial charge in [-0.1, -0.05) is 12.2 Å². The van der Waals surface area contributed by atoms with E-state index in [2.05, 4.69) is 0 Å². The highest BCUT2D eigenvalue weighted by Crippen LogP contribution is 2.42. The summed E-state index contributed by atoms with van der Waals surface area (Å²) >= 11 is 0. The van der Waals surface area contributed by atoms with Crippen molar-refractivity contribution in [3.05, 3.63) is 47.9 Å². The van der Waals surface area contributed by atoms with Crippen molar-refractivity contribution in [2.45, 2.75) is 0 Å². The molecule has 0 spiro atoms. The Bertz CT molecular complexity index is 358. The number of halogens is 4. The number of allylic oxidation sites excluding steroid dienone is 6. The molecule has 6 heteroatoms. The Morgan fingerprint density at radius 1 is 0.750 bits per heavy atom. The van der Waals surface area contributed by atoms with Crippen LogP contribution in [0.1, 0.15) is 0 Å². The van der Waals surface area contributed by atoms with Crippen LogP contribution in [0.4, 0.5) is 17.6 Å². The van der Waals surface area contributed by atoms with Gasteiger partial charge in [-0.15, -0.1) is 0 Å². The number of hydrogen-bond donors (Lipinski definition) is 2. The molecule has 0 saturated carbocycles. The predicted octanol–water partition coefficient (Wildman–Crippen LogP) is 2.48. The van der Waals surface area contributed by atoms with E-state index in [1.807, 2.05) is 0 Å². The lowest BCUT2D eigenvalue weighted by Gasteiger charge is -2.23. The van der Waals surface area contributed by atoms with Crippen LogP contribution in [0.3, 0.4) is 0 Å². The molecule has 0 saturated heterocycles. The number of hydrogen-bond acceptors (Lipinski definition) is 2. The second kappa shape index (κ2) is 4.87. The minimum Gasteiger partial charge on any atom is -0.405 e. The maximum atomic E-state index is 13.3. The first-order chi connectivity index (χ1) is 7.54. The van der Waals surface area contributed by atoms with Crippen LogP contribution in [-0.4, -0.2) is 0 Å². The molecule has 88 valence electrons. The quantitative estimate of drug-likeness (QED) is 0.721. The normalized spacial score (nSPS) is 27.5. The molecule has 0 aromatic rings. The summed E-state index contributed by atoms with van der Waals surface area (Å²) < 4.78 is 52.4. The van der Waals surface area contributed by atoms with E-state index < -0.39 is 35.1 Å². The third kappa shape index (κ3) is 1.95. The topological polar surface area (TPSA) is 52.0 Å². The summed E-state index contributed by atoms with van der Waals surface area (Å²) in [6, 6.07) is 0. The molecule has 0 bridgehead atoms. The Hall–Kier alpha value is -1.72. The first-order valence-corrected chi connectivity index (χ1v) is 4.42. The van der Waals surface area contributed by atoms with Crippen molar-refractivity contribution < 1.29 is 17.6 Å². The van der Waals surface area contributed by atoms with Gasteiger partial charge in [0, 0.05) is 11.8 Å². The first-order valence-electron chi connectivity index (χ1n) is 4.42. The van der Waals surface area contributed by atoms with Gasteiger partial charge < -0.3 is 11.5 Å². The van der Waals surface area contributed by atoms with Crippen LogP contribution in [0.5, 0.6) is 0 Å². The minimum atomic E-state index is -1.83. The predicted molar refractivity (Wildman–Crippen MR) is 52.1 cm³/mol. The van der Waals surface area contributed by atoms with Gasteiger partial charge in [-0.05, 0) is 12.4 Å². The Kier molecular flexibility index (Phi) is 3.76. The van der Waals surface area contributed by atoms with Gasteiger partial charge in [-0.2, -0.15) is 0 Å². The molecule has 1 rings (SSSR count). The van der Waals surface area contributed by atoms with Crippen LogP contribution in [0, 0.1) is 11.8 Å². The molecule has 0 aliphatic heterocycles. The third-order valence-corrected chi connectivity index (χ3v) is 2.22. The Labute approximate surface area is 89.6 Å². The highest BCUT2D eigenvalue weighted by atomic mass is 19.2. The van der Waals surface area contributed by atoms with E-state index in [-0.39, 0.29) is 0 Å². The smallest absolute Gasteiger partial charge is 0.193 e. The van der Waals surface area contributed by atoms with Gasteiger partial charge in [0.1, 0.15) is 11.7 Å². The van der Waals surface area contributed by atoms with Crippen LogP contribution in [0.15, 0.2) is 47.9 Å². The molecule has 0 amide bonds. The van der Waals surface area contributed by atoms with Gasteiger partial charge in [0.05, 0.1) is 0 Å². The maximum Gasteiger partial charge on any atom is 0.193 e. The van der Waals surface area contributed by atoms with Crippen LogP contribution >= 0.6 is 0 Å². The van der Waals surface area contributed by atoms with Crippen molar-refractivity contribution in [2.75, 3.05) is 0 Å². The fourth-order valence-electron chi connectivity index (χ4n) is 1.47. The average Bonchev–Trinajstić information content (AvgIpc) is 2.28. The van der Waals surface area contributed by atoms with E-state index >= 15 is 0 Å². The van der Waals surface area contributed by atoms with Crippen LogP contribution < -0.4 is 11.5 Å². The van der Waals surface area contributed by atoms with E-state index in [0.29, 0.717) is 0 Å². The molecule has 1 aliphatic rings. The Morgan fingerprint density at radius 3 is 1.31 bits per heavy atom. The summed E-state index contributed by atoms with van der Waals surface area (Å²) in [6.07, 6.45) is 3.94. The van der Waals surface area contributed by atoms with Crippen molar-refractivity contribution >= 4 is 0 Å². The van der Waals surface area contributed by atoms with E-state index in [9.17, 15) is 17.6 Å².